The number of nitrogens with one attached hydrogen (secondary N) is 1. The average molecular weight is 234 g/mol. The summed E-state index contributed by atoms with van der Waals surface area (Å²) in [5, 5.41) is 4.03. The van der Waals surface area contributed by atoms with Crippen LogP contribution < -0.4 is 5.32 Å². The van der Waals surface area contributed by atoms with Crippen molar-refractivity contribution in [2.75, 3.05) is 0 Å². The van der Waals surface area contributed by atoms with Crippen molar-refractivity contribution in [1.29, 1.82) is 0 Å². The highest BCUT2D eigenvalue weighted by Gasteiger charge is 1.99. The molecule has 0 saturated heterocycles. The predicted molar refractivity (Wildman–Crippen MR) is 64.0 cm³/mol. The molecule has 16 heavy (non-hydrogen) atoms. The second-order valence-electron chi connectivity index (χ2n) is 3.36. The summed E-state index contributed by atoms with van der Waals surface area (Å²) >= 11 is 6.03. The molecular formula is C12H12ClN3. The van der Waals surface area contributed by atoms with E-state index in [0.717, 1.165) is 23.0 Å². The van der Waals surface area contributed by atoms with Gasteiger partial charge < -0.3 is 5.32 Å². The zero-order chi connectivity index (χ0) is 11.2. The van der Waals surface area contributed by atoms with Crippen LogP contribution in [0.3, 0.4) is 0 Å². The Labute approximate surface area is 99.5 Å². The van der Waals surface area contributed by atoms with Crippen LogP contribution in [0.1, 0.15) is 11.4 Å². The van der Waals surface area contributed by atoms with Gasteiger partial charge in [-0.3, -0.25) is 0 Å². The molecule has 0 atom stereocenters. The van der Waals surface area contributed by atoms with Gasteiger partial charge in [0.1, 0.15) is 5.82 Å². The smallest absolute Gasteiger partial charge is 0.141 e. The second kappa shape index (κ2) is 5.58. The van der Waals surface area contributed by atoms with E-state index < -0.39 is 0 Å². The topological polar surface area (TPSA) is 37.8 Å². The van der Waals surface area contributed by atoms with Crippen molar-refractivity contribution >= 4 is 11.6 Å². The van der Waals surface area contributed by atoms with Gasteiger partial charge in [0.05, 0.1) is 6.54 Å². The average Bonchev–Trinajstić information content (AvgIpc) is 2.33. The summed E-state index contributed by atoms with van der Waals surface area (Å²) in [4.78, 5) is 8.25. The van der Waals surface area contributed by atoms with E-state index in [4.69, 9.17) is 11.6 Å². The highest BCUT2D eigenvalue weighted by molar-refractivity contribution is 6.31. The third-order valence-electron chi connectivity index (χ3n) is 2.18. The number of nitrogens with zero attached hydrogens (tertiary/aromatic N) is 2. The summed E-state index contributed by atoms with van der Waals surface area (Å²) in [7, 11) is 0. The standard InChI is InChI=1S/C12H12ClN3/c13-11-5-2-1-4-10(11)8-14-9-12-15-6-3-7-16-12/h1-7,14H,8-9H2. The van der Waals surface area contributed by atoms with Crippen molar-refractivity contribution in [2.24, 2.45) is 0 Å². The molecule has 0 amide bonds. The second-order valence-corrected chi connectivity index (χ2v) is 3.77. The number of rotatable bonds is 4. The molecule has 1 N–H and O–H groups in total. The van der Waals surface area contributed by atoms with E-state index in [9.17, 15) is 0 Å². The maximum Gasteiger partial charge on any atom is 0.141 e. The fourth-order valence-electron chi connectivity index (χ4n) is 1.37. The number of aromatic nitrogens is 2. The fraction of sp³-hybridized carbons (Fsp3) is 0.167. The van der Waals surface area contributed by atoms with Gasteiger partial charge in [-0.2, -0.15) is 0 Å². The molecule has 0 saturated carbocycles. The van der Waals surface area contributed by atoms with Crippen molar-refractivity contribution < 1.29 is 0 Å². The summed E-state index contributed by atoms with van der Waals surface area (Å²) in [6, 6.07) is 9.59. The number of benzene rings is 1. The third kappa shape index (κ3) is 3.02. The maximum atomic E-state index is 6.03. The first-order valence-corrected chi connectivity index (χ1v) is 5.44. The molecule has 0 bridgehead atoms. The normalized spacial score (nSPS) is 10.3. The van der Waals surface area contributed by atoms with Crippen molar-refractivity contribution in [2.45, 2.75) is 13.1 Å². The van der Waals surface area contributed by atoms with Gasteiger partial charge >= 0.3 is 0 Å². The van der Waals surface area contributed by atoms with Crippen LogP contribution in [0.4, 0.5) is 0 Å². The largest absolute Gasteiger partial charge is 0.306 e. The van der Waals surface area contributed by atoms with Crippen LogP contribution in [-0.4, -0.2) is 9.97 Å². The van der Waals surface area contributed by atoms with Gasteiger partial charge in [-0.25, -0.2) is 9.97 Å². The van der Waals surface area contributed by atoms with Gasteiger partial charge in [0.15, 0.2) is 0 Å². The first-order chi connectivity index (χ1) is 7.86. The van der Waals surface area contributed by atoms with E-state index in [1.165, 1.54) is 0 Å². The molecule has 0 aliphatic rings. The fourth-order valence-corrected chi connectivity index (χ4v) is 1.57. The molecule has 0 unspecified atom stereocenters. The van der Waals surface area contributed by atoms with Gasteiger partial charge in [-0.05, 0) is 17.7 Å². The van der Waals surface area contributed by atoms with Crippen molar-refractivity contribution in [3.05, 3.63) is 59.1 Å². The van der Waals surface area contributed by atoms with Gasteiger partial charge in [0.2, 0.25) is 0 Å². The first-order valence-electron chi connectivity index (χ1n) is 5.06. The molecule has 1 heterocycles. The quantitative estimate of drug-likeness (QED) is 0.882. The zero-order valence-electron chi connectivity index (χ0n) is 8.73. The Hall–Kier alpha value is -1.45. The lowest BCUT2D eigenvalue weighted by Crippen LogP contribution is -2.14. The Morgan fingerprint density at radius 2 is 1.75 bits per heavy atom. The highest BCUT2D eigenvalue weighted by Crippen LogP contribution is 2.14. The van der Waals surface area contributed by atoms with Crippen LogP contribution in [-0.2, 0) is 13.1 Å². The Morgan fingerprint density at radius 3 is 2.50 bits per heavy atom. The number of hydrogen-bond acceptors (Lipinski definition) is 3. The predicted octanol–water partition coefficient (Wildman–Crippen LogP) is 2.42. The Morgan fingerprint density at radius 1 is 1.00 bits per heavy atom. The molecule has 0 fully saturated rings. The maximum absolute atomic E-state index is 6.03. The first kappa shape index (κ1) is 11.0. The number of hydrogen-bond donors (Lipinski definition) is 1. The van der Waals surface area contributed by atoms with Gasteiger partial charge in [0.25, 0.3) is 0 Å². The molecule has 2 rings (SSSR count). The number of halogens is 1. The van der Waals surface area contributed by atoms with E-state index >= 15 is 0 Å². The Balaban J connectivity index is 1.87. The Kier molecular flexibility index (Phi) is 3.86. The lowest BCUT2D eigenvalue weighted by atomic mass is 10.2. The van der Waals surface area contributed by atoms with Crippen LogP contribution in [0.5, 0.6) is 0 Å². The van der Waals surface area contributed by atoms with E-state index in [1.807, 2.05) is 24.3 Å². The third-order valence-corrected chi connectivity index (χ3v) is 2.54. The van der Waals surface area contributed by atoms with Gasteiger partial charge in [0, 0.05) is 24.0 Å². The minimum absolute atomic E-state index is 0.645. The van der Waals surface area contributed by atoms with Gasteiger partial charge in [-0.15, -0.1) is 0 Å². The van der Waals surface area contributed by atoms with E-state index in [2.05, 4.69) is 15.3 Å². The molecule has 1 aromatic carbocycles. The van der Waals surface area contributed by atoms with Crippen LogP contribution in [0, 0.1) is 0 Å². The molecule has 82 valence electrons. The molecule has 2 aromatic rings. The minimum atomic E-state index is 0.645. The van der Waals surface area contributed by atoms with Crippen molar-refractivity contribution in [1.82, 2.24) is 15.3 Å². The summed E-state index contributed by atoms with van der Waals surface area (Å²) < 4.78 is 0. The van der Waals surface area contributed by atoms with E-state index in [0.29, 0.717) is 6.54 Å². The van der Waals surface area contributed by atoms with Crippen LogP contribution in [0.25, 0.3) is 0 Å². The SMILES string of the molecule is Clc1ccccc1CNCc1ncccn1. The highest BCUT2D eigenvalue weighted by atomic mass is 35.5. The van der Waals surface area contributed by atoms with E-state index in [-0.39, 0.29) is 0 Å². The minimum Gasteiger partial charge on any atom is -0.306 e. The van der Waals surface area contributed by atoms with Crippen LogP contribution >= 0.6 is 11.6 Å². The lowest BCUT2D eigenvalue weighted by Gasteiger charge is -2.05. The van der Waals surface area contributed by atoms with Crippen LogP contribution in [0.2, 0.25) is 5.02 Å². The summed E-state index contributed by atoms with van der Waals surface area (Å²) in [5.74, 6) is 0.787. The monoisotopic (exact) mass is 233 g/mol. The van der Waals surface area contributed by atoms with Crippen molar-refractivity contribution in [3.63, 3.8) is 0 Å². The molecule has 0 aliphatic heterocycles. The molecule has 3 nitrogen and oxygen atoms in total. The molecule has 0 aliphatic carbocycles. The zero-order valence-corrected chi connectivity index (χ0v) is 9.48. The van der Waals surface area contributed by atoms with Gasteiger partial charge in [-0.1, -0.05) is 29.8 Å². The lowest BCUT2D eigenvalue weighted by molar-refractivity contribution is 0.662. The summed E-state index contributed by atoms with van der Waals surface area (Å²) in [5.41, 5.74) is 1.08. The van der Waals surface area contributed by atoms with E-state index in [1.54, 1.807) is 18.5 Å². The molecule has 0 spiro atoms. The summed E-state index contributed by atoms with van der Waals surface area (Å²) in [6.45, 7) is 1.37. The Bertz CT molecular complexity index is 445. The summed E-state index contributed by atoms with van der Waals surface area (Å²) in [6.07, 6.45) is 3.47. The molecule has 1 aromatic heterocycles. The molecular weight excluding hydrogens is 222 g/mol. The van der Waals surface area contributed by atoms with Crippen molar-refractivity contribution in [3.8, 4) is 0 Å². The molecule has 0 radical (unpaired) electrons. The van der Waals surface area contributed by atoms with Crippen LogP contribution in [0.15, 0.2) is 42.7 Å². The molecule has 4 heteroatoms.